The molecule has 3 aliphatic rings. The second kappa shape index (κ2) is 28.8. The van der Waals surface area contributed by atoms with Gasteiger partial charge in [0.25, 0.3) is 11.5 Å². The fourth-order valence-corrected chi connectivity index (χ4v) is 12.6. The number of likely N-dealkylation sites (tertiary alicyclic amines) is 1. The van der Waals surface area contributed by atoms with Gasteiger partial charge < -0.3 is 44.6 Å². The lowest BCUT2D eigenvalue weighted by atomic mass is 9.85. The van der Waals surface area contributed by atoms with Gasteiger partial charge in [0, 0.05) is 125 Å². The van der Waals surface area contributed by atoms with E-state index < -0.39 is 17.5 Å². The summed E-state index contributed by atoms with van der Waals surface area (Å²) in [6, 6.07) is 24.1. The lowest BCUT2D eigenvalue weighted by molar-refractivity contribution is -0.144. The van der Waals surface area contributed by atoms with E-state index in [9.17, 15) is 24.0 Å². The number of fused-ring (bicyclic) bond motifs is 1. The molecule has 1 unspecified atom stereocenters. The van der Waals surface area contributed by atoms with E-state index in [0.29, 0.717) is 82.6 Å². The fourth-order valence-electron chi connectivity index (χ4n) is 11.8. The average molecular weight is 1150 g/mol. The number of thiazole rings is 1. The summed E-state index contributed by atoms with van der Waals surface area (Å²) in [5, 5.41) is 9.93. The Balaban J connectivity index is 0.626. The molecule has 18 heteroatoms. The number of aryl methyl sites for hydroxylation is 3. The molecule has 5 heterocycles. The molecule has 17 nitrogen and oxygen atoms in total. The number of hydrogen-bond donors (Lipinski definition) is 4. The van der Waals surface area contributed by atoms with Crippen molar-refractivity contribution >= 4 is 45.9 Å². The Morgan fingerprint density at radius 2 is 1.41 bits per heavy atom. The summed E-state index contributed by atoms with van der Waals surface area (Å²) in [5.74, 6) is -1.02. The van der Waals surface area contributed by atoms with E-state index in [4.69, 9.17) is 14.2 Å². The highest BCUT2D eigenvalue weighted by Crippen LogP contribution is 2.36. The topological polar surface area (TPSA) is 192 Å². The summed E-state index contributed by atoms with van der Waals surface area (Å²) in [6.07, 6.45) is 9.54. The zero-order valence-corrected chi connectivity index (χ0v) is 50.3. The van der Waals surface area contributed by atoms with Crippen molar-refractivity contribution in [1.82, 2.24) is 45.2 Å². The van der Waals surface area contributed by atoms with E-state index in [1.54, 1.807) is 16.2 Å². The molecule has 3 aromatic carbocycles. The first-order valence-electron chi connectivity index (χ1n) is 29.9. The molecule has 4 amide bonds. The maximum absolute atomic E-state index is 14.0. The van der Waals surface area contributed by atoms with Crippen molar-refractivity contribution in [3.8, 4) is 21.6 Å². The van der Waals surface area contributed by atoms with Crippen LogP contribution in [0, 0.1) is 26.2 Å². The smallest absolute Gasteiger partial charge is 0.253 e. The molecule has 1 saturated carbocycles. The van der Waals surface area contributed by atoms with Crippen molar-refractivity contribution in [3.63, 3.8) is 0 Å². The van der Waals surface area contributed by atoms with E-state index >= 15 is 0 Å². The second-order valence-electron chi connectivity index (χ2n) is 23.8. The molecular formula is C65H85N9O8S. The largest absolute Gasteiger partial charge is 0.381 e. The van der Waals surface area contributed by atoms with E-state index in [1.165, 1.54) is 18.4 Å². The first kappa shape index (κ1) is 61.0. The van der Waals surface area contributed by atoms with Gasteiger partial charge in [-0.2, -0.15) is 0 Å². The van der Waals surface area contributed by atoms with Crippen LogP contribution < -0.4 is 21.5 Å². The number of nitrogens with zero attached hydrogens (tertiary/aromatic N) is 5. The predicted molar refractivity (Wildman–Crippen MR) is 326 cm³/mol. The third kappa shape index (κ3) is 16.2. The van der Waals surface area contributed by atoms with Gasteiger partial charge in [0.05, 0.1) is 22.7 Å². The van der Waals surface area contributed by atoms with Crippen molar-refractivity contribution in [2.45, 2.75) is 131 Å². The Hall–Kier alpha value is -6.54. The van der Waals surface area contributed by atoms with Crippen LogP contribution in [0.4, 0.5) is 0 Å². The highest BCUT2D eigenvalue weighted by molar-refractivity contribution is 7.13. The zero-order chi connectivity index (χ0) is 58.5. The van der Waals surface area contributed by atoms with Crippen LogP contribution in [0.25, 0.3) is 32.5 Å². The van der Waals surface area contributed by atoms with Gasteiger partial charge in [-0.3, -0.25) is 33.8 Å². The van der Waals surface area contributed by atoms with Gasteiger partial charge in [-0.25, -0.2) is 4.98 Å². The summed E-state index contributed by atoms with van der Waals surface area (Å²) in [6.45, 7) is 20.7. The molecule has 3 fully saturated rings. The summed E-state index contributed by atoms with van der Waals surface area (Å²) in [7, 11) is 0. The number of piperazine rings is 1. The van der Waals surface area contributed by atoms with Gasteiger partial charge >= 0.3 is 0 Å². The van der Waals surface area contributed by atoms with E-state index in [-0.39, 0.29) is 42.3 Å². The van der Waals surface area contributed by atoms with Crippen LogP contribution in [0.3, 0.4) is 0 Å². The van der Waals surface area contributed by atoms with Gasteiger partial charge in [0.15, 0.2) is 0 Å². The first-order chi connectivity index (χ1) is 40.1. The number of aromatic nitrogens is 3. The van der Waals surface area contributed by atoms with E-state index in [0.717, 1.165) is 114 Å². The molecule has 83 heavy (non-hydrogen) atoms. The van der Waals surface area contributed by atoms with Crippen molar-refractivity contribution in [1.29, 1.82) is 0 Å². The number of nitrogens with one attached hydrogen (secondary N) is 4. The number of carbonyl (C=O) groups is 4. The molecule has 0 radical (unpaired) electrons. The minimum atomic E-state index is -0.820. The van der Waals surface area contributed by atoms with Gasteiger partial charge in [0.1, 0.15) is 18.7 Å². The summed E-state index contributed by atoms with van der Waals surface area (Å²) in [4.78, 5) is 82.1. The number of aromatic amines is 1. The lowest BCUT2D eigenvalue weighted by Gasteiger charge is -2.35. The molecule has 2 atom stereocenters. The van der Waals surface area contributed by atoms with Gasteiger partial charge in [-0.05, 0) is 122 Å². The molecule has 9 rings (SSSR count). The quantitative estimate of drug-likeness (QED) is 0.0379. The number of H-pyrrole nitrogens is 1. The van der Waals surface area contributed by atoms with Gasteiger partial charge in [-0.15, -0.1) is 11.3 Å². The number of carbonyl (C=O) groups excluding carboxylic acids is 4. The average Bonchev–Trinajstić information content (AvgIpc) is 3.94. The number of amides is 4. The Bertz CT molecular complexity index is 3210. The summed E-state index contributed by atoms with van der Waals surface area (Å²) < 4.78 is 19.8. The van der Waals surface area contributed by atoms with Gasteiger partial charge in [-0.1, -0.05) is 82.1 Å². The molecule has 0 bridgehead atoms. The second-order valence-corrected chi connectivity index (χ2v) is 24.6. The number of ether oxygens (including phenoxy) is 3. The SMILES string of the molecule is Cc1cc(C)c(CNC(=O)c2cc(-c3ccc(CN4CCN(CCOCCCOCCCOCC(=O)NC(C(=O)N5CCC[C@H]5C(=O)NCc5ccc(-c6scnc6C)cc5)C(C)(C)C)CC4)cc3)cc3c2ccn3C2CCCC2)c(=O)[nH]1. The molecule has 6 aromatic rings. The highest BCUT2D eigenvalue weighted by Gasteiger charge is 2.42. The predicted octanol–water partition coefficient (Wildman–Crippen LogP) is 8.88. The number of rotatable bonds is 26. The molecular weight excluding hydrogens is 1070 g/mol. The third-order valence-corrected chi connectivity index (χ3v) is 17.5. The van der Waals surface area contributed by atoms with Crippen molar-refractivity contribution < 1.29 is 33.4 Å². The van der Waals surface area contributed by atoms with Crippen LogP contribution in [0.15, 0.2) is 89.3 Å². The Labute approximate surface area is 492 Å². The Kier molecular flexibility index (Phi) is 21.2. The summed E-state index contributed by atoms with van der Waals surface area (Å²) in [5.41, 5.74) is 11.4. The van der Waals surface area contributed by atoms with Crippen LogP contribution in [-0.2, 0) is 48.2 Å². The van der Waals surface area contributed by atoms with Crippen LogP contribution >= 0.6 is 11.3 Å². The van der Waals surface area contributed by atoms with Crippen LogP contribution in [0.5, 0.6) is 0 Å². The Morgan fingerprint density at radius 3 is 2.10 bits per heavy atom. The highest BCUT2D eigenvalue weighted by atomic mass is 32.1. The standard InChI is InChI=1S/C65H85N9O8S/c1-44-36-45(2)69-62(77)55(44)40-67-61(76)54-37-51(38-57-53(54)23-25-73(57)52-12-7-8-13-52)49-19-17-48(18-20-49)41-72-28-26-71(27-29-72)30-35-81-33-10-31-80-32-11-34-82-42-58(75)70-60(65(4,5)6)64(79)74-24-9-14-56(74)63(78)66-39-47-15-21-50(22-16-47)59-46(3)68-43-83-59/h15-23,25,36-38,43,52,56,60H,7-14,24,26-35,39-42H2,1-6H3,(H,66,78)(H,67,76)(H,69,77)(H,70,75)/t56-,60?/m0/s1. The lowest BCUT2D eigenvalue weighted by Crippen LogP contribution is -2.58. The summed E-state index contributed by atoms with van der Waals surface area (Å²) >= 11 is 1.60. The molecule has 0 spiro atoms. The molecule has 444 valence electrons. The van der Waals surface area contributed by atoms with Crippen molar-refractivity contribution in [2.75, 3.05) is 78.9 Å². The number of pyridine rings is 1. The first-order valence-corrected chi connectivity index (χ1v) is 30.7. The van der Waals surface area contributed by atoms with Crippen molar-refractivity contribution in [3.05, 3.63) is 134 Å². The molecule has 2 aliphatic heterocycles. The number of benzene rings is 3. The molecule has 4 N–H and O–H groups in total. The van der Waals surface area contributed by atoms with E-state index in [1.807, 2.05) is 83.5 Å². The number of hydrogen-bond acceptors (Lipinski definition) is 12. The van der Waals surface area contributed by atoms with Crippen LogP contribution in [-0.4, -0.2) is 144 Å². The van der Waals surface area contributed by atoms with E-state index in [2.05, 4.69) is 82.9 Å². The molecule has 1 aliphatic carbocycles. The molecule has 2 saturated heterocycles. The zero-order valence-electron chi connectivity index (χ0n) is 49.5. The maximum atomic E-state index is 14.0. The minimum absolute atomic E-state index is 0.156. The monoisotopic (exact) mass is 1150 g/mol. The fraction of sp³-hybridized carbons (Fsp3) is 0.508. The van der Waals surface area contributed by atoms with Crippen LogP contribution in [0.1, 0.15) is 122 Å². The normalized spacial score (nSPS) is 16.7. The van der Waals surface area contributed by atoms with Crippen molar-refractivity contribution in [2.24, 2.45) is 5.41 Å². The third-order valence-electron chi connectivity index (χ3n) is 16.5. The van der Waals surface area contributed by atoms with Crippen LogP contribution in [0.2, 0.25) is 0 Å². The molecule has 3 aromatic heterocycles. The van der Waals surface area contributed by atoms with Gasteiger partial charge in [0.2, 0.25) is 17.7 Å². The maximum Gasteiger partial charge on any atom is 0.253 e. The Morgan fingerprint density at radius 1 is 0.735 bits per heavy atom. The minimum Gasteiger partial charge on any atom is -0.381 e.